The van der Waals surface area contributed by atoms with Crippen LogP contribution in [-0.4, -0.2) is 0 Å². The first-order valence-corrected chi connectivity index (χ1v) is 10.7. The zero-order valence-electron chi connectivity index (χ0n) is 18.8. The van der Waals surface area contributed by atoms with Crippen LogP contribution in [0.3, 0.4) is 0 Å². The van der Waals surface area contributed by atoms with Crippen molar-refractivity contribution in [1.82, 2.24) is 0 Å². The Hall–Kier alpha value is -2.08. The molecule has 0 heteroatoms. The molecule has 0 saturated heterocycles. The highest BCUT2D eigenvalue weighted by molar-refractivity contribution is 5.84. The first-order valence-electron chi connectivity index (χ1n) is 10.7. The zero-order valence-corrected chi connectivity index (χ0v) is 18.8. The van der Waals surface area contributed by atoms with Gasteiger partial charge in [-0.1, -0.05) is 84.0 Å². The van der Waals surface area contributed by atoms with Gasteiger partial charge in [0.2, 0.25) is 0 Å². The molecule has 0 fully saturated rings. The topological polar surface area (TPSA) is 0 Å². The Morgan fingerprint density at radius 1 is 0.821 bits per heavy atom. The standard InChI is InChI=1S/C28H34/c1-17-18(2)26(28(6,7)8)25(19-11-9-10-12-19)23-16-20-15-21(27(3,4)5)13-14-22(20)24(17)23/h9-15,19H,16H2,1-8H3. The van der Waals surface area contributed by atoms with Crippen molar-refractivity contribution in [1.29, 1.82) is 0 Å². The van der Waals surface area contributed by atoms with Crippen LogP contribution in [0.15, 0.2) is 42.5 Å². The lowest BCUT2D eigenvalue weighted by Crippen LogP contribution is -2.20. The highest BCUT2D eigenvalue weighted by Gasteiger charge is 2.33. The minimum atomic E-state index is 0.134. The van der Waals surface area contributed by atoms with Gasteiger partial charge in [-0.15, -0.1) is 0 Å². The van der Waals surface area contributed by atoms with Crippen molar-refractivity contribution in [2.45, 2.75) is 78.6 Å². The SMILES string of the molecule is Cc1c(C)c(C(C)(C)C)c(C2C=CC=C2)c2c1-c1ccc(C(C)(C)C)cc1C2. The summed E-state index contributed by atoms with van der Waals surface area (Å²) in [5, 5.41) is 0. The maximum Gasteiger partial charge on any atom is 0.0210 e. The second-order valence-corrected chi connectivity index (χ2v) is 10.7. The van der Waals surface area contributed by atoms with E-state index in [-0.39, 0.29) is 10.8 Å². The fourth-order valence-corrected chi connectivity index (χ4v) is 5.24. The van der Waals surface area contributed by atoms with Gasteiger partial charge < -0.3 is 0 Å². The molecule has 0 radical (unpaired) electrons. The van der Waals surface area contributed by atoms with Gasteiger partial charge in [0.05, 0.1) is 0 Å². The molecular formula is C28H34. The highest BCUT2D eigenvalue weighted by atomic mass is 14.4. The van der Waals surface area contributed by atoms with Gasteiger partial charge in [-0.25, -0.2) is 0 Å². The lowest BCUT2D eigenvalue weighted by molar-refractivity contribution is 0.576. The van der Waals surface area contributed by atoms with Gasteiger partial charge in [0.15, 0.2) is 0 Å². The van der Waals surface area contributed by atoms with Crippen LogP contribution in [0, 0.1) is 13.8 Å². The van der Waals surface area contributed by atoms with Gasteiger partial charge in [0.25, 0.3) is 0 Å². The minimum absolute atomic E-state index is 0.134. The van der Waals surface area contributed by atoms with Gasteiger partial charge in [0, 0.05) is 5.92 Å². The number of rotatable bonds is 1. The van der Waals surface area contributed by atoms with Crippen molar-refractivity contribution in [3.8, 4) is 11.1 Å². The zero-order chi connectivity index (χ0) is 20.4. The molecule has 4 rings (SSSR count). The molecule has 146 valence electrons. The summed E-state index contributed by atoms with van der Waals surface area (Å²) in [7, 11) is 0. The third-order valence-corrected chi connectivity index (χ3v) is 6.65. The van der Waals surface area contributed by atoms with Crippen LogP contribution in [0.25, 0.3) is 11.1 Å². The molecule has 2 aromatic carbocycles. The monoisotopic (exact) mass is 370 g/mol. The van der Waals surface area contributed by atoms with Crippen molar-refractivity contribution < 1.29 is 0 Å². The fourth-order valence-electron chi connectivity index (χ4n) is 5.24. The molecule has 2 aliphatic rings. The van der Waals surface area contributed by atoms with E-state index in [1.165, 1.54) is 33.4 Å². The maximum atomic E-state index is 2.46. The van der Waals surface area contributed by atoms with Crippen molar-refractivity contribution in [2.24, 2.45) is 0 Å². The van der Waals surface area contributed by atoms with Gasteiger partial charge in [-0.2, -0.15) is 0 Å². The largest absolute Gasteiger partial charge is 0.0732 e. The molecule has 0 saturated carbocycles. The highest BCUT2D eigenvalue weighted by Crippen LogP contribution is 2.49. The van der Waals surface area contributed by atoms with Gasteiger partial charge in [0.1, 0.15) is 0 Å². The number of allylic oxidation sites excluding steroid dienone is 4. The van der Waals surface area contributed by atoms with Crippen LogP contribution < -0.4 is 0 Å². The third-order valence-electron chi connectivity index (χ3n) is 6.65. The Kier molecular flexibility index (Phi) is 4.27. The van der Waals surface area contributed by atoms with E-state index in [4.69, 9.17) is 0 Å². The Labute approximate surface area is 171 Å². The predicted octanol–water partition coefficient (Wildman–Crippen LogP) is 7.68. The van der Waals surface area contributed by atoms with Crippen LogP contribution in [0.2, 0.25) is 0 Å². The summed E-state index contributed by atoms with van der Waals surface area (Å²) >= 11 is 0. The van der Waals surface area contributed by atoms with Gasteiger partial charge in [-0.3, -0.25) is 0 Å². The van der Waals surface area contributed by atoms with Crippen LogP contribution in [0.4, 0.5) is 0 Å². The summed E-state index contributed by atoms with van der Waals surface area (Å²) in [6.07, 6.45) is 10.2. The summed E-state index contributed by atoms with van der Waals surface area (Å²) in [5.74, 6) is 0.402. The molecule has 0 aromatic heterocycles. The van der Waals surface area contributed by atoms with E-state index in [1.54, 1.807) is 16.7 Å². The lowest BCUT2D eigenvalue weighted by atomic mass is 9.73. The second kappa shape index (κ2) is 6.21. The molecule has 0 nitrogen and oxygen atoms in total. The first kappa shape index (κ1) is 19.2. The van der Waals surface area contributed by atoms with Crippen molar-refractivity contribution in [3.63, 3.8) is 0 Å². The number of benzene rings is 2. The fraction of sp³-hybridized carbons (Fsp3) is 0.429. The van der Waals surface area contributed by atoms with E-state index in [1.807, 2.05) is 0 Å². The van der Waals surface area contributed by atoms with E-state index < -0.39 is 0 Å². The third kappa shape index (κ3) is 2.89. The quantitative estimate of drug-likeness (QED) is 0.412. The van der Waals surface area contributed by atoms with Crippen molar-refractivity contribution >= 4 is 0 Å². The van der Waals surface area contributed by atoms with Gasteiger partial charge >= 0.3 is 0 Å². The molecule has 2 aliphatic carbocycles. The molecule has 0 spiro atoms. The summed E-state index contributed by atoms with van der Waals surface area (Å²) in [4.78, 5) is 0. The molecule has 0 unspecified atom stereocenters. The smallest absolute Gasteiger partial charge is 0.0210 e. The molecule has 0 bridgehead atoms. The molecule has 0 amide bonds. The number of fused-ring (bicyclic) bond motifs is 3. The Morgan fingerprint density at radius 3 is 2.04 bits per heavy atom. The lowest BCUT2D eigenvalue weighted by Gasteiger charge is -2.31. The van der Waals surface area contributed by atoms with Crippen molar-refractivity contribution in [2.75, 3.05) is 0 Å². The predicted molar refractivity (Wildman–Crippen MR) is 123 cm³/mol. The molecular weight excluding hydrogens is 336 g/mol. The molecule has 0 heterocycles. The average molecular weight is 371 g/mol. The Balaban J connectivity index is 2.02. The number of hydrogen-bond donors (Lipinski definition) is 0. The first-order chi connectivity index (χ1) is 13.0. The second-order valence-electron chi connectivity index (χ2n) is 10.7. The summed E-state index contributed by atoms with van der Waals surface area (Å²) in [5.41, 5.74) is 13.8. The molecule has 0 atom stereocenters. The van der Waals surface area contributed by atoms with E-state index in [0.717, 1.165) is 6.42 Å². The molecule has 0 aliphatic heterocycles. The molecule has 28 heavy (non-hydrogen) atoms. The number of hydrogen-bond acceptors (Lipinski definition) is 0. The normalized spacial score (nSPS) is 16.0. The summed E-state index contributed by atoms with van der Waals surface area (Å²) in [6, 6.07) is 7.19. The summed E-state index contributed by atoms with van der Waals surface area (Å²) in [6.45, 7) is 18.7. The van der Waals surface area contributed by atoms with Crippen LogP contribution in [0.5, 0.6) is 0 Å². The van der Waals surface area contributed by atoms with E-state index >= 15 is 0 Å². The van der Waals surface area contributed by atoms with Crippen LogP contribution in [0.1, 0.15) is 86.4 Å². The van der Waals surface area contributed by atoms with E-state index in [2.05, 4.69) is 97.9 Å². The van der Waals surface area contributed by atoms with E-state index in [0.29, 0.717) is 5.92 Å². The Morgan fingerprint density at radius 2 is 1.46 bits per heavy atom. The average Bonchev–Trinajstić information content (AvgIpc) is 3.22. The minimum Gasteiger partial charge on any atom is -0.0732 e. The van der Waals surface area contributed by atoms with Crippen LogP contribution >= 0.6 is 0 Å². The Bertz CT molecular complexity index is 1000. The van der Waals surface area contributed by atoms with Crippen molar-refractivity contribution in [3.05, 3.63) is 81.4 Å². The van der Waals surface area contributed by atoms with E-state index in [9.17, 15) is 0 Å². The summed E-state index contributed by atoms with van der Waals surface area (Å²) < 4.78 is 0. The molecule has 2 aromatic rings. The maximum absolute atomic E-state index is 2.46. The molecule has 0 N–H and O–H groups in total. The van der Waals surface area contributed by atoms with Crippen LogP contribution in [-0.2, 0) is 17.3 Å². The van der Waals surface area contributed by atoms with Gasteiger partial charge in [-0.05, 0) is 81.2 Å².